The lowest BCUT2D eigenvalue weighted by atomic mass is 10.2. The number of aliphatic imine (C=N–C) groups is 1. The summed E-state index contributed by atoms with van der Waals surface area (Å²) in [6, 6.07) is 6.73. The van der Waals surface area contributed by atoms with Gasteiger partial charge < -0.3 is 24.6 Å². The third kappa shape index (κ3) is 6.28. The minimum atomic E-state index is -2.91. The first-order chi connectivity index (χ1) is 14.1. The van der Waals surface area contributed by atoms with E-state index in [-0.39, 0.29) is 35.5 Å². The molecular weight excluding hydrogens is 509 g/mol. The van der Waals surface area contributed by atoms with Gasteiger partial charge in [0.15, 0.2) is 17.5 Å². The number of aromatic nitrogens is 2. The highest BCUT2D eigenvalue weighted by atomic mass is 127. The van der Waals surface area contributed by atoms with Gasteiger partial charge in [0.1, 0.15) is 0 Å². The van der Waals surface area contributed by atoms with Crippen molar-refractivity contribution in [2.24, 2.45) is 4.99 Å². The Morgan fingerprint density at radius 3 is 2.47 bits per heavy atom. The molecule has 11 heteroatoms. The molecule has 3 rings (SSSR count). The molecule has 30 heavy (non-hydrogen) atoms. The molecule has 164 valence electrons. The Kier molecular flexibility index (Phi) is 9.27. The Bertz CT molecular complexity index is 820. The van der Waals surface area contributed by atoms with E-state index >= 15 is 0 Å². The molecular formula is C19H25F2IN6O2. The van der Waals surface area contributed by atoms with E-state index in [1.54, 1.807) is 37.6 Å². The lowest BCUT2D eigenvalue weighted by Crippen LogP contribution is -2.52. The van der Waals surface area contributed by atoms with E-state index < -0.39 is 6.61 Å². The molecule has 0 radical (unpaired) electrons. The fourth-order valence-electron chi connectivity index (χ4n) is 3.11. The fourth-order valence-corrected chi connectivity index (χ4v) is 3.11. The van der Waals surface area contributed by atoms with Gasteiger partial charge in [-0.15, -0.1) is 24.0 Å². The van der Waals surface area contributed by atoms with Gasteiger partial charge in [-0.05, 0) is 23.8 Å². The first-order valence-electron chi connectivity index (χ1n) is 9.20. The van der Waals surface area contributed by atoms with Crippen molar-refractivity contribution < 1.29 is 18.3 Å². The first kappa shape index (κ1) is 23.8. The van der Waals surface area contributed by atoms with E-state index in [2.05, 4.69) is 34.8 Å². The van der Waals surface area contributed by atoms with Crippen molar-refractivity contribution in [3.8, 4) is 11.5 Å². The van der Waals surface area contributed by atoms with Crippen molar-refractivity contribution >= 4 is 35.9 Å². The third-order valence-electron chi connectivity index (χ3n) is 4.52. The van der Waals surface area contributed by atoms with E-state index in [9.17, 15) is 8.78 Å². The van der Waals surface area contributed by atoms with Gasteiger partial charge in [0, 0.05) is 52.2 Å². The molecule has 1 aliphatic heterocycles. The maximum absolute atomic E-state index is 12.6. The van der Waals surface area contributed by atoms with Crippen LogP contribution in [0.3, 0.4) is 0 Å². The lowest BCUT2D eigenvalue weighted by Gasteiger charge is -2.36. The Morgan fingerprint density at radius 2 is 1.87 bits per heavy atom. The lowest BCUT2D eigenvalue weighted by molar-refractivity contribution is -0.0512. The number of nitrogens with one attached hydrogen (secondary N) is 1. The minimum absolute atomic E-state index is 0. The molecule has 2 aromatic rings. The van der Waals surface area contributed by atoms with Gasteiger partial charge in [0.25, 0.3) is 0 Å². The zero-order chi connectivity index (χ0) is 20.6. The number of methoxy groups -OCH3 is 1. The summed E-state index contributed by atoms with van der Waals surface area (Å²) in [5.74, 6) is 1.73. The largest absolute Gasteiger partial charge is 0.493 e. The monoisotopic (exact) mass is 534 g/mol. The number of nitrogens with zero attached hydrogens (tertiary/aromatic N) is 5. The number of hydrogen-bond donors (Lipinski definition) is 1. The number of benzene rings is 1. The maximum Gasteiger partial charge on any atom is 0.387 e. The highest BCUT2D eigenvalue weighted by Gasteiger charge is 2.21. The average molecular weight is 534 g/mol. The second-order valence-electron chi connectivity index (χ2n) is 6.29. The molecule has 1 aromatic carbocycles. The van der Waals surface area contributed by atoms with Gasteiger partial charge >= 0.3 is 6.61 Å². The van der Waals surface area contributed by atoms with Crippen LogP contribution in [0.1, 0.15) is 5.56 Å². The van der Waals surface area contributed by atoms with Crippen LogP contribution in [-0.4, -0.2) is 67.8 Å². The average Bonchev–Trinajstić information content (AvgIpc) is 2.75. The van der Waals surface area contributed by atoms with Gasteiger partial charge in [-0.3, -0.25) is 4.99 Å². The molecule has 2 heterocycles. The van der Waals surface area contributed by atoms with Crippen LogP contribution in [0.2, 0.25) is 0 Å². The summed E-state index contributed by atoms with van der Waals surface area (Å²) in [6.45, 7) is 0.586. The zero-order valence-electron chi connectivity index (χ0n) is 16.8. The first-order valence-corrected chi connectivity index (χ1v) is 9.20. The maximum atomic E-state index is 12.6. The number of hydrogen-bond acceptors (Lipinski definition) is 6. The summed E-state index contributed by atoms with van der Waals surface area (Å²) in [5, 5.41) is 3.27. The minimum Gasteiger partial charge on any atom is -0.493 e. The van der Waals surface area contributed by atoms with E-state index in [0.717, 1.165) is 43.7 Å². The predicted octanol–water partition coefficient (Wildman–Crippen LogP) is 2.60. The second-order valence-corrected chi connectivity index (χ2v) is 6.29. The third-order valence-corrected chi connectivity index (χ3v) is 4.52. The Balaban J connectivity index is 0.00000320. The highest BCUT2D eigenvalue weighted by Crippen LogP contribution is 2.29. The number of anilines is 1. The van der Waals surface area contributed by atoms with Gasteiger partial charge in [-0.2, -0.15) is 8.78 Å². The van der Waals surface area contributed by atoms with Gasteiger partial charge in [-0.25, -0.2) is 9.97 Å². The summed E-state index contributed by atoms with van der Waals surface area (Å²) in [4.78, 5) is 17.2. The molecule has 0 atom stereocenters. The number of guanidine groups is 1. The Labute approximate surface area is 191 Å². The normalized spacial score (nSPS) is 14.4. The van der Waals surface area contributed by atoms with Crippen molar-refractivity contribution in [1.82, 2.24) is 20.2 Å². The molecule has 0 spiro atoms. The smallest absolute Gasteiger partial charge is 0.387 e. The van der Waals surface area contributed by atoms with E-state index in [0.29, 0.717) is 6.54 Å². The van der Waals surface area contributed by atoms with Crippen LogP contribution >= 0.6 is 24.0 Å². The standard InChI is InChI=1S/C19H24F2N6O2.HI/c1-22-18(26-8-10-27(11-9-26)19-23-6-3-7-24-19)25-13-14-4-5-15(28-2)16(12-14)29-17(20)21;/h3-7,12,17H,8-11,13H2,1-2H3,(H,22,25);1H. The van der Waals surface area contributed by atoms with Crippen LogP contribution in [0.4, 0.5) is 14.7 Å². The van der Waals surface area contributed by atoms with Crippen LogP contribution < -0.4 is 19.7 Å². The van der Waals surface area contributed by atoms with Crippen LogP contribution in [-0.2, 0) is 6.54 Å². The van der Waals surface area contributed by atoms with Crippen LogP contribution in [0.25, 0.3) is 0 Å². The van der Waals surface area contributed by atoms with Crippen LogP contribution in [0.15, 0.2) is 41.7 Å². The Hall–Kier alpha value is -2.44. The van der Waals surface area contributed by atoms with Crippen molar-refractivity contribution in [2.75, 3.05) is 45.2 Å². The fraction of sp³-hybridized carbons (Fsp3) is 0.421. The zero-order valence-corrected chi connectivity index (χ0v) is 19.1. The summed E-state index contributed by atoms with van der Waals surface area (Å²) in [5.41, 5.74) is 0.777. The molecule has 1 saturated heterocycles. The summed E-state index contributed by atoms with van der Waals surface area (Å²) in [6.07, 6.45) is 3.46. The SMILES string of the molecule is CN=C(NCc1ccc(OC)c(OC(F)F)c1)N1CCN(c2ncccn2)CC1.I. The quantitative estimate of drug-likeness (QED) is 0.347. The van der Waals surface area contributed by atoms with Crippen LogP contribution in [0.5, 0.6) is 11.5 Å². The van der Waals surface area contributed by atoms with Gasteiger partial charge in [-0.1, -0.05) is 6.07 Å². The number of ether oxygens (including phenoxy) is 2. The van der Waals surface area contributed by atoms with Crippen molar-refractivity contribution in [1.29, 1.82) is 0 Å². The summed E-state index contributed by atoms with van der Waals surface area (Å²) >= 11 is 0. The molecule has 1 fully saturated rings. The Morgan fingerprint density at radius 1 is 1.17 bits per heavy atom. The highest BCUT2D eigenvalue weighted by molar-refractivity contribution is 14.0. The van der Waals surface area contributed by atoms with Crippen LogP contribution in [0, 0.1) is 0 Å². The van der Waals surface area contributed by atoms with Gasteiger partial charge in [0.05, 0.1) is 7.11 Å². The van der Waals surface area contributed by atoms with Gasteiger partial charge in [0.2, 0.25) is 5.95 Å². The number of alkyl halides is 2. The predicted molar refractivity (Wildman–Crippen MR) is 121 cm³/mol. The molecule has 0 saturated carbocycles. The molecule has 1 aromatic heterocycles. The number of piperazine rings is 1. The number of rotatable bonds is 6. The van der Waals surface area contributed by atoms with E-state index in [1.165, 1.54) is 13.2 Å². The topological polar surface area (TPSA) is 75.1 Å². The second kappa shape index (κ2) is 11.7. The summed E-state index contributed by atoms with van der Waals surface area (Å²) < 4.78 is 34.8. The molecule has 8 nitrogen and oxygen atoms in total. The molecule has 0 aliphatic carbocycles. The van der Waals surface area contributed by atoms with E-state index in [4.69, 9.17) is 4.74 Å². The van der Waals surface area contributed by atoms with Crippen molar-refractivity contribution in [3.05, 3.63) is 42.2 Å². The molecule has 0 amide bonds. The van der Waals surface area contributed by atoms with Crippen molar-refractivity contribution in [3.63, 3.8) is 0 Å². The van der Waals surface area contributed by atoms with Crippen molar-refractivity contribution in [2.45, 2.75) is 13.2 Å². The van der Waals surface area contributed by atoms with E-state index in [1.807, 2.05) is 0 Å². The molecule has 0 bridgehead atoms. The molecule has 1 aliphatic rings. The molecule has 1 N–H and O–H groups in total. The molecule has 0 unspecified atom stereocenters. The number of halogens is 3. The summed E-state index contributed by atoms with van der Waals surface area (Å²) in [7, 11) is 3.13.